The number of hydrogen-bond donors (Lipinski definition) is 2. The van der Waals surface area contributed by atoms with E-state index in [2.05, 4.69) is 0 Å². The molecule has 1 aromatic heterocycles. The van der Waals surface area contributed by atoms with E-state index in [1.807, 2.05) is 0 Å². The molecule has 1 aliphatic heterocycles. The maximum absolute atomic E-state index is 12.4. The summed E-state index contributed by atoms with van der Waals surface area (Å²) in [6.45, 7) is 9.30. The zero-order valence-electron chi connectivity index (χ0n) is 16.8. The molecule has 2 N–H and O–H groups in total. The predicted molar refractivity (Wildman–Crippen MR) is 104 cm³/mol. The summed E-state index contributed by atoms with van der Waals surface area (Å²) in [5.74, 6) is -1.26. The summed E-state index contributed by atoms with van der Waals surface area (Å²) in [4.78, 5) is 37.5. The Morgan fingerprint density at radius 3 is 2.43 bits per heavy atom. The number of aromatic nitrogens is 1. The first-order valence-electron chi connectivity index (χ1n) is 8.99. The van der Waals surface area contributed by atoms with Crippen LogP contribution in [0.2, 0.25) is 5.02 Å². The van der Waals surface area contributed by atoms with Gasteiger partial charge < -0.3 is 24.4 Å². The number of ether oxygens (including phenoxy) is 1. The third-order valence-corrected chi connectivity index (χ3v) is 5.34. The van der Waals surface area contributed by atoms with Crippen LogP contribution < -0.4 is 5.56 Å². The molecule has 156 valence electrons. The Balaban J connectivity index is 2.26. The van der Waals surface area contributed by atoms with Crippen LogP contribution >= 0.6 is 11.6 Å². The van der Waals surface area contributed by atoms with Crippen LogP contribution in [0.4, 0.5) is 4.79 Å². The van der Waals surface area contributed by atoms with Gasteiger partial charge in [-0.15, -0.1) is 0 Å². The summed E-state index contributed by atoms with van der Waals surface area (Å²) in [6, 6.07) is 1.02. The standard InChI is InChI=1S/C19H27ClN2O6/c1-17(2,3)28-16(26)21-7-6-19(27,18(4,5)10-21)11-22-9-12(15(24)25)13(20)8-14(22)23/h8-9,27H,6-7,10-11H2,1-5H3,(H,24,25)/t19-/m1/s1. The maximum Gasteiger partial charge on any atom is 0.410 e. The van der Waals surface area contributed by atoms with Gasteiger partial charge in [0, 0.05) is 30.8 Å². The topological polar surface area (TPSA) is 109 Å². The van der Waals surface area contributed by atoms with Gasteiger partial charge in [0.05, 0.1) is 22.7 Å². The molecule has 0 radical (unpaired) electrons. The number of amides is 1. The number of aromatic carboxylic acids is 1. The van der Waals surface area contributed by atoms with Gasteiger partial charge in [-0.3, -0.25) is 4.79 Å². The summed E-state index contributed by atoms with van der Waals surface area (Å²) in [7, 11) is 0. The van der Waals surface area contributed by atoms with E-state index in [4.69, 9.17) is 16.3 Å². The van der Waals surface area contributed by atoms with Crippen molar-refractivity contribution >= 4 is 23.7 Å². The van der Waals surface area contributed by atoms with Crippen molar-refractivity contribution in [1.82, 2.24) is 9.47 Å². The molecule has 1 aliphatic rings. The van der Waals surface area contributed by atoms with Crippen molar-refractivity contribution < 1.29 is 24.5 Å². The number of pyridine rings is 1. The minimum absolute atomic E-state index is 0.113. The van der Waals surface area contributed by atoms with Crippen molar-refractivity contribution in [3.05, 3.63) is 33.2 Å². The van der Waals surface area contributed by atoms with E-state index in [9.17, 15) is 24.6 Å². The van der Waals surface area contributed by atoms with Gasteiger partial charge in [-0.25, -0.2) is 9.59 Å². The minimum Gasteiger partial charge on any atom is -0.478 e. The number of halogens is 1. The number of carbonyl (C=O) groups excluding carboxylic acids is 1. The van der Waals surface area contributed by atoms with Gasteiger partial charge in [0.25, 0.3) is 5.56 Å². The molecule has 1 atom stereocenters. The summed E-state index contributed by atoms with van der Waals surface area (Å²) >= 11 is 5.82. The molecule has 0 saturated carbocycles. The molecule has 2 heterocycles. The monoisotopic (exact) mass is 414 g/mol. The zero-order valence-corrected chi connectivity index (χ0v) is 17.5. The van der Waals surface area contributed by atoms with Crippen molar-refractivity contribution in [2.45, 2.75) is 58.8 Å². The van der Waals surface area contributed by atoms with E-state index in [0.717, 1.165) is 16.8 Å². The normalized spacial score (nSPS) is 22.0. The fraction of sp³-hybridized carbons (Fsp3) is 0.632. The lowest BCUT2D eigenvalue weighted by atomic mass is 9.70. The first-order valence-corrected chi connectivity index (χ1v) is 9.37. The smallest absolute Gasteiger partial charge is 0.410 e. The van der Waals surface area contributed by atoms with Crippen LogP contribution in [-0.2, 0) is 11.3 Å². The van der Waals surface area contributed by atoms with Crippen LogP contribution in [0.25, 0.3) is 0 Å². The number of hydrogen-bond acceptors (Lipinski definition) is 5. The van der Waals surface area contributed by atoms with E-state index >= 15 is 0 Å². The van der Waals surface area contributed by atoms with Crippen LogP contribution in [0.15, 0.2) is 17.1 Å². The summed E-state index contributed by atoms with van der Waals surface area (Å²) < 4.78 is 6.55. The third-order valence-electron chi connectivity index (χ3n) is 5.03. The van der Waals surface area contributed by atoms with Gasteiger partial charge in [0.2, 0.25) is 0 Å². The molecule has 1 saturated heterocycles. The highest BCUT2D eigenvalue weighted by Crippen LogP contribution is 2.40. The van der Waals surface area contributed by atoms with Crippen molar-refractivity contribution in [3.8, 4) is 0 Å². The quantitative estimate of drug-likeness (QED) is 0.786. The van der Waals surface area contributed by atoms with Crippen molar-refractivity contribution in [2.75, 3.05) is 13.1 Å². The van der Waals surface area contributed by atoms with E-state index in [1.54, 1.807) is 34.6 Å². The second kappa shape index (κ2) is 7.40. The summed E-state index contributed by atoms with van der Waals surface area (Å²) in [5, 5.41) is 20.4. The van der Waals surface area contributed by atoms with Crippen LogP contribution in [0.1, 0.15) is 51.4 Å². The number of carbonyl (C=O) groups is 2. The maximum atomic E-state index is 12.4. The molecule has 0 spiro atoms. The number of nitrogens with zero attached hydrogens (tertiary/aromatic N) is 2. The van der Waals surface area contributed by atoms with Crippen molar-refractivity contribution in [1.29, 1.82) is 0 Å². The number of aliphatic hydroxyl groups is 1. The summed E-state index contributed by atoms with van der Waals surface area (Å²) in [5.41, 5.74) is -3.45. The van der Waals surface area contributed by atoms with Gasteiger partial charge in [-0.1, -0.05) is 25.4 Å². The fourth-order valence-corrected chi connectivity index (χ4v) is 3.47. The van der Waals surface area contributed by atoms with E-state index in [-0.39, 0.29) is 36.6 Å². The highest BCUT2D eigenvalue weighted by atomic mass is 35.5. The molecule has 0 aromatic carbocycles. The van der Waals surface area contributed by atoms with Crippen LogP contribution in [0, 0.1) is 5.41 Å². The molecular weight excluding hydrogens is 388 g/mol. The lowest BCUT2D eigenvalue weighted by molar-refractivity contribution is -0.126. The fourth-order valence-electron chi connectivity index (χ4n) is 3.25. The molecule has 1 fully saturated rings. The molecule has 1 amide bonds. The van der Waals surface area contributed by atoms with Gasteiger partial charge in [0.15, 0.2) is 0 Å². The second-order valence-corrected chi connectivity index (χ2v) is 9.28. The largest absolute Gasteiger partial charge is 0.478 e. The van der Waals surface area contributed by atoms with Crippen LogP contribution in [-0.4, -0.2) is 56.0 Å². The van der Waals surface area contributed by atoms with E-state index in [0.29, 0.717) is 0 Å². The highest BCUT2D eigenvalue weighted by molar-refractivity contribution is 6.33. The van der Waals surface area contributed by atoms with E-state index < -0.39 is 34.2 Å². The Bertz CT molecular complexity index is 842. The number of carboxylic acids is 1. The van der Waals surface area contributed by atoms with Crippen molar-refractivity contribution in [3.63, 3.8) is 0 Å². The molecule has 2 rings (SSSR count). The SMILES string of the molecule is CC(C)(C)OC(=O)N1CC[C@@](O)(Cn2cc(C(=O)O)c(Cl)cc2=O)C(C)(C)C1. The molecule has 0 unspecified atom stereocenters. The lowest BCUT2D eigenvalue weighted by Crippen LogP contribution is -2.61. The average molecular weight is 415 g/mol. The molecule has 1 aromatic rings. The highest BCUT2D eigenvalue weighted by Gasteiger charge is 2.49. The van der Waals surface area contributed by atoms with Crippen LogP contribution in [0.3, 0.4) is 0 Å². The van der Waals surface area contributed by atoms with Crippen molar-refractivity contribution in [2.24, 2.45) is 5.41 Å². The van der Waals surface area contributed by atoms with Gasteiger partial charge in [-0.2, -0.15) is 0 Å². The lowest BCUT2D eigenvalue weighted by Gasteiger charge is -2.50. The molecule has 0 aliphatic carbocycles. The first kappa shape index (κ1) is 22.2. The third kappa shape index (κ3) is 4.67. The second-order valence-electron chi connectivity index (χ2n) is 8.87. The number of carboxylic acid groups (broad SMARTS) is 1. The molecule has 9 heteroatoms. The van der Waals surface area contributed by atoms with E-state index in [1.165, 1.54) is 4.90 Å². The Kier molecular flexibility index (Phi) is 5.88. The van der Waals surface area contributed by atoms with Gasteiger partial charge in [0.1, 0.15) is 5.60 Å². The molecule has 8 nitrogen and oxygen atoms in total. The molecule has 0 bridgehead atoms. The Hall–Kier alpha value is -2.06. The minimum atomic E-state index is -1.33. The average Bonchev–Trinajstić information content (AvgIpc) is 2.50. The zero-order chi connectivity index (χ0) is 21.5. The Labute approximate surface area is 168 Å². The molecular formula is C19H27ClN2O6. The Morgan fingerprint density at radius 2 is 1.93 bits per heavy atom. The molecule has 28 heavy (non-hydrogen) atoms. The number of likely N-dealkylation sites (tertiary alicyclic amines) is 1. The predicted octanol–water partition coefficient (Wildman–Crippen LogP) is 2.60. The van der Waals surface area contributed by atoms with Crippen LogP contribution in [0.5, 0.6) is 0 Å². The number of piperidine rings is 1. The van der Waals surface area contributed by atoms with Gasteiger partial charge >= 0.3 is 12.1 Å². The number of rotatable bonds is 3. The Morgan fingerprint density at radius 1 is 1.32 bits per heavy atom. The van der Waals surface area contributed by atoms with Gasteiger partial charge in [-0.05, 0) is 27.2 Å². The summed E-state index contributed by atoms with van der Waals surface area (Å²) in [6.07, 6.45) is 0.886. The first-order chi connectivity index (χ1) is 12.7.